The van der Waals surface area contributed by atoms with Gasteiger partial charge in [-0.2, -0.15) is 5.10 Å². The molecule has 4 heteroatoms. The molecular formula is C14H22N2O2. The number of hydrogen-bond donors (Lipinski definition) is 0. The first-order valence-electron chi connectivity index (χ1n) is 6.85. The lowest BCUT2D eigenvalue weighted by Crippen LogP contribution is -2.33. The molecule has 0 saturated heterocycles. The van der Waals surface area contributed by atoms with Crippen LogP contribution in [0, 0.1) is 5.92 Å². The number of Topliss-reactive ketones (excluding diaryl/α,β-unsaturated/α-hetero) is 1. The highest BCUT2D eigenvalue weighted by Crippen LogP contribution is 2.33. The lowest BCUT2D eigenvalue weighted by Gasteiger charge is -2.34. The van der Waals surface area contributed by atoms with E-state index < -0.39 is 0 Å². The quantitative estimate of drug-likeness (QED) is 0.745. The van der Waals surface area contributed by atoms with Crippen molar-refractivity contribution in [1.82, 2.24) is 9.78 Å². The van der Waals surface area contributed by atoms with Crippen molar-refractivity contribution >= 4 is 5.78 Å². The summed E-state index contributed by atoms with van der Waals surface area (Å²) in [5.74, 6) is 0.862. The number of carbonyl (C=O) groups excluding carboxylic acids is 1. The second kappa shape index (κ2) is 6.14. The first-order valence-corrected chi connectivity index (χ1v) is 6.85. The molecule has 4 nitrogen and oxygen atoms in total. The van der Waals surface area contributed by atoms with Crippen molar-refractivity contribution in [2.24, 2.45) is 5.92 Å². The predicted molar refractivity (Wildman–Crippen MR) is 69.4 cm³/mol. The number of hydrogen-bond acceptors (Lipinski definition) is 3. The van der Waals surface area contributed by atoms with E-state index in [9.17, 15) is 4.79 Å². The number of ketones is 1. The van der Waals surface area contributed by atoms with Crippen LogP contribution < -0.4 is 0 Å². The fraction of sp³-hybridized carbons (Fsp3) is 0.714. The summed E-state index contributed by atoms with van der Waals surface area (Å²) in [5.41, 5.74) is 1.03. The minimum atomic E-state index is 0.325. The molecule has 0 spiro atoms. The molecule has 1 aromatic rings. The zero-order valence-electron chi connectivity index (χ0n) is 11.3. The molecule has 1 fully saturated rings. The van der Waals surface area contributed by atoms with Gasteiger partial charge in [0.05, 0.1) is 12.3 Å². The number of nitrogens with zero attached hydrogens (tertiary/aromatic N) is 2. The maximum Gasteiger partial charge on any atom is 0.137 e. The number of aromatic nitrogens is 2. The fourth-order valence-corrected chi connectivity index (χ4v) is 2.51. The van der Waals surface area contributed by atoms with Gasteiger partial charge in [0.25, 0.3) is 0 Å². The highest BCUT2D eigenvalue weighted by Gasteiger charge is 2.30. The molecule has 18 heavy (non-hydrogen) atoms. The van der Waals surface area contributed by atoms with Gasteiger partial charge in [-0.1, -0.05) is 0 Å². The highest BCUT2D eigenvalue weighted by molar-refractivity contribution is 5.81. The molecule has 1 aliphatic rings. The van der Waals surface area contributed by atoms with Gasteiger partial charge < -0.3 is 4.74 Å². The Labute approximate surface area is 108 Å². The smallest absolute Gasteiger partial charge is 0.137 e. The average Bonchev–Trinajstić information content (AvgIpc) is 2.74. The fourth-order valence-electron chi connectivity index (χ4n) is 2.51. The van der Waals surface area contributed by atoms with Crippen molar-refractivity contribution in [3.05, 3.63) is 18.0 Å². The second-order valence-electron chi connectivity index (χ2n) is 5.04. The maximum atomic E-state index is 11.9. The van der Waals surface area contributed by atoms with Gasteiger partial charge in [-0.15, -0.1) is 0 Å². The predicted octanol–water partition coefficient (Wildman–Crippen LogP) is 2.22. The van der Waals surface area contributed by atoms with Gasteiger partial charge in [0.2, 0.25) is 0 Å². The summed E-state index contributed by atoms with van der Waals surface area (Å²) in [6.07, 6.45) is 7.47. The zero-order valence-corrected chi connectivity index (χ0v) is 11.3. The lowest BCUT2D eigenvalue weighted by atomic mass is 9.78. The summed E-state index contributed by atoms with van der Waals surface area (Å²) in [4.78, 5) is 11.9. The van der Waals surface area contributed by atoms with E-state index in [0.29, 0.717) is 30.6 Å². The zero-order chi connectivity index (χ0) is 13.0. The Hall–Kier alpha value is -1.16. The summed E-state index contributed by atoms with van der Waals surface area (Å²) >= 11 is 0. The summed E-state index contributed by atoms with van der Waals surface area (Å²) in [5, 5.41) is 4.18. The van der Waals surface area contributed by atoms with E-state index in [2.05, 4.69) is 5.10 Å². The van der Waals surface area contributed by atoms with Crippen molar-refractivity contribution in [3.8, 4) is 0 Å². The minimum Gasteiger partial charge on any atom is -0.378 e. The van der Waals surface area contributed by atoms with Crippen molar-refractivity contribution in [1.29, 1.82) is 0 Å². The minimum absolute atomic E-state index is 0.325. The first-order chi connectivity index (χ1) is 8.71. The molecule has 0 bridgehead atoms. The van der Waals surface area contributed by atoms with E-state index in [1.54, 1.807) is 6.20 Å². The Kier molecular flexibility index (Phi) is 4.53. The third-order valence-corrected chi connectivity index (χ3v) is 3.52. The summed E-state index contributed by atoms with van der Waals surface area (Å²) < 4.78 is 7.36. The second-order valence-corrected chi connectivity index (χ2v) is 5.04. The van der Waals surface area contributed by atoms with E-state index in [-0.39, 0.29) is 0 Å². The van der Waals surface area contributed by atoms with Crippen LogP contribution >= 0.6 is 0 Å². The summed E-state index contributed by atoms with van der Waals surface area (Å²) in [6.45, 7) is 5.69. The van der Waals surface area contributed by atoms with E-state index in [1.807, 2.05) is 24.7 Å². The van der Waals surface area contributed by atoms with Crippen LogP contribution in [0.25, 0.3) is 0 Å². The van der Waals surface area contributed by atoms with Crippen molar-refractivity contribution in [3.63, 3.8) is 0 Å². The molecule has 1 saturated carbocycles. The van der Waals surface area contributed by atoms with Crippen LogP contribution in [0.5, 0.6) is 0 Å². The van der Waals surface area contributed by atoms with Gasteiger partial charge in [-0.3, -0.25) is 9.48 Å². The summed E-state index contributed by atoms with van der Waals surface area (Å²) in [7, 11) is 0. The van der Waals surface area contributed by atoms with E-state index in [0.717, 1.165) is 31.6 Å². The molecule has 1 aliphatic carbocycles. The first kappa shape index (κ1) is 13.3. The standard InChI is InChI=1S/C14H22N2O2/c1-3-16-10-12(9-15-16)6-13(17)5-11-7-14(8-11)18-4-2/h9-11,14H,3-8H2,1-2H3. The van der Waals surface area contributed by atoms with Gasteiger partial charge in [0, 0.05) is 32.2 Å². The van der Waals surface area contributed by atoms with Crippen molar-refractivity contribution in [2.75, 3.05) is 6.61 Å². The Balaban J connectivity index is 1.70. The molecular weight excluding hydrogens is 228 g/mol. The van der Waals surface area contributed by atoms with Gasteiger partial charge in [-0.25, -0.2) is 0 Å². The van der Waals surface area contributed by atoms with Crippen LogP contribution in [0.1, 0.15) is 38.7 Å². The van der Waals surface area contributed by atoms with Gasteiger partial charge in [-0.05, 0) is 38.2 Å². The Bertz CT molecular complexity index is 394. The molecule has 1 aromatic heterocycles. The van der Waals surface area contributed by atoms with Crippen molar-refractivity contribution < 1.29 is 9.53 Å². The number of carbonyl (C=O) groups is 1. The van der Waals surface area contributed by atoms with Crippen LogP contribution in [0.2, 0.25) is 0 Å². The van der Waals surface area contributed by atoms with Crippen LogP contribution in [0.4, 0.5) is 0 Å². The molecule has 0 N–H and O–H groups in total. The number of rotatable bonds is 7. The maximum absolute atomic E-state index is 11.9. The van der Waals surface area contributed by atoms with E-state index in [4.69, 9.17) is 4.74 Å². The summed E-state index contributed by atoms with van der Waals surface area (Å²) in [6, 6.07) is 0. The van der Waals surface area contributed by atoms with Crippen LogP contribution in [0.3, 0.4) is 0 Å². The van der Waals surface area contributed by atoms with Gasteiger partial charge in [0.15, 0.2) is 0 Å². The molecule has 0 amide bonds. The van der Waals surface area contributed by atoms with Gasteiger partial charge in [0.1, 0.15) is 5.78 Å². The Morgan fingerprint density at radius 2 is 2.28 bits per heavy atom. The monoisotopic (exact) mass is 250 g/mol. The molecule has 100 valence electrons. The van der Waals surface area contributed by atoms with Crippen LogP contribution in [-0.4, -0.2) is 28.3 Å². The van der Waals surface area contributed by atoms with Crippen LogP contribution in [0.15, 0.2) is 12.4 Å². The molecule has 0 aromatic carbocycles. The molecule has 0 unspecified atom stereocenters. The Morgan fingerprint density at radius 1 is 1.50 bits per heavy atom. The Morgan fingerprint density at radius 3 is 2.89 bits per heavy atom. The molecule has 2 rings (SSSR count). The topological polar surface area (TPSA) is 44.1 Å². The normalized spacial score (nSPS) is 22.8. The molecule has 0 atom stereocenters. The number of ether oxygens (including phenoxy) is 1. The van der Waals surface area contributed by atoms with Crippen molar-refractivity contribution in [2.45, 2.75) is 52.2 Å². The number of aryl methyl sites for hydroxylation is 1. The van der Waals surface area contributed by atoms with E-state index >= 15 is 0 Å². The van der Waals surface area contributed by atoms with Gasteiger partial charge >= 0.3 is 0 Å². The highest BCUT2D eigenvalue weighted by atomic mass is 16.5. The third-order valence-electron chi connectivity index (χ3n) is 3.52. The molecule has 1 heterocycles. The van der Waals surface area contributed by atoms with Crippen LogP contribution in [-0.2, 0) is 22.5 Å². The SMILES string of the molecule is CCOC1CC(CC(=O)Cc2cnn(CC)c2)C1. The average molecular weight is 250 g/mol. The van der Waals surface area contributed by atoms with E-state index in [1.165, 1.54) is 0 Å². The largest absolute Gasteiger partial charge is 0.378 e. The molecule has 0 radical (unpaired) electrons. The third kappa shape index (κ3) is 3.42. The lowest BCUT2D eigenvalue weighted by molar-refractivity contribution is -0.121. The molecule has 0 aliphatic heterocycles.